The highest BCUT2D eigenvalue weighted by Crippen LogP contribution is 2.04. The zero-order valence-electron chi connectivity index (χ0n) is 11.6. The summed E-state index contributed by atoms with van der Waals surface area (Å²) < 4.78 is 0. The molecule has 0 heterocycles. The number of hydrogen-bond acceptors (Lipinski definition) is 2. The smallest absolute Gasteiger partial charge is 0.00965 e. The van der Waals surface area contributed by atoms with E-state index < -0.39 is 0 Å². The first-order chi connectivity index (χ1) is 6.87. The van der Waals surface area contributed by atoms with Crippen molar-refractivity contribution in [3.05, 3.63) is 0 Å². The Morgan fingerprint density at radius 2 is 1.87 bits per heavy atom. The summed E-state index contributed by atoms with van der Waals surface area (Å²) in [4.78, 5) is 2.47. The largest absolute Gasteiger partial charge is 0.312 e. The molecule has 0 aliphatic rings. The van der Waals surface area contributed by atoms with Gasteiger partial charge >= 0.3 is 0 Å². The quantitative estimate of drug-likeness (QED) is 0.701. The van der Waals surface area contributed by atoms with Crippen molar-refractivity contribution in [3.63, 3.8) is 0 Å². The van der Waals surface area contributed by atoms with Crippen molar-refractivity contribution >= 4 is 0 Å². The van der Waals surface area contributed by atoms with Crippen molar-refractivity contribution in [3.8, 4) is 0 Å². The topological polar surface area (TPSA) is 15.3 Å². The molecule has 1 N–H and O–H groups in total. The average molecular weight is 214 g/mol. The molecule has 92 valence electrons. The highest BCUT2D eigenvalue weighted by Gasteiger charge is 2.11. The minimum atomic E-state index is 0.252. The molecule has 0 aromatic rings. The van der Waals surface area contributed by atoms with Gasteiger partial charge in [-0.05, 0) is 60.7 Å². The standard InChI is InChI=1S/C13H30N2/c1-7-8-11-15(6)12(2)9-10-14-13(3,4)5/h12,14H,7-11H2,1-6H3. The molecule has 2 heteroatoms. The van der Waals surface area contributed by atoms with Crippen molar-refractivity contribution < 1.29 is 0 Å². The Hall–Kier alpha value is -0.0800. The summed E-state index contributed by atoms with van der Waals surface area (Å²) in [5.74, 6) is 0. The average Bonchev–Trinajstić information content (AvgIpc) is 2.11. The van der Waals surface area contributed by atoms with E-state index in [0.29, 0.717) is 6.04 Å². The van der Waals surface area contributed by atoms with Crippen LogP contribution in [0.1, 0.15) is 53.9 Å². The van der Waals surface area contributed by atoms with Gasteiger partial charge in [0.05, 0.1) is 0 Å². The summed E-state index contributed by atoms with van der Waals surface area (Å²) >= 11 is 0. The molecule has 0 aromatic carbocycles. The van der Waals surface area contributed by atoms with Crippen molar-refractivity contribution in [2.24, 2.45) is 0 Å². The van der Waals surface area contributed by atoms with E-state index in [9.17, 15) is 0 Å². The maximum absolute atomic E-state index is 3.54. The minimum absolute atomic E-state index is 0.252. The van der Waals surface area contributed by atoms with E-state index in [2.05, 4.69) is 51.9 Å². The van der Waals surface area contributed by atoms with Crippen LogP contribution in [0.4, 0.5) is 0 Å². The van der Waals surface area contributed by atoms with Gasteiger partial charge in [-0.2, -0.15) is 0 Å². The first-order valence-corrected chi connectivity index (χ1v) is 6.32. The van der Waals surface area contributed by atoms with Gasteiger partial charge in [0.15, 0.2) is 0 Å². The normalized spacial score (nSPS) is 14.6. The van der Waals surface area contributed by atoms with Crippen LogP contribution in [-0.4, -0.2) is 36.6 Å². The summed E-state index contributed by atoms with van der Waals surface area (Å²) in [7, 11) is 2.23. The Balaban J connectivity index is 3.59. The lowest BCUT2D eigenvalue weighted by atomic mass is 10.1. The first kappa shape index (κ1) is 14.9. The monoisotopic (exact) mass is 214 g/mol. The lowest BCUT2D eigenvalue weighted by molar-refractivity contribution is 0.236. The lowest BCUT2D eigenvalue weighted by Gasteiger charge is -2.27. The van der Waals surface area contributed by atoms with E-state index in [4.69, 9.17) is 0 Å². The van der Waals surface area contributed by atoms with Crippen LogP contribution in [-0.2, 0) is 0 Å². The van der Waals surface area contributed by atoms with Gasteiger partial charge < -0.3 is 10.2 Å². The third kappa shape index (κ3) is 8.88. The van der Waals surface area contributed by atoms with Crippen LogP contribution >= 0.6 is 0 Å². The third-order valence-electron chi connectivity index (χ3n) is 2.83. The van der Waals surface area contributed by atoms with E-state index in [-0.39, 0.29) is 5.54 Å². The molecule has 0 fully saturated rings. The molecule has 2 nitrogen and oxygen atoms in total. The summed E-state index contributed by atoms with van der Waals surface area (Å²) in [5, 5.41) is 3.54. The Kier molecular flexibility index (Phi) is 7.20. The fourth-order valence-electron chi connectivity index (χ4n) is 1.50. The van der Waals surface area contributed by atoms with Crippen molar-refractivity contribution in [2.75, 3.05) is 20.1 Å². The third-order valence-corrected chi connectivity index (χ3v) is 2.83. The maximum Gasteiger partial charge on any atom is 0.00965 e. The van der Waals surface area contributed by atoms with Crippen LogP contribution in [0.25, 0.3) is 0 Å². The van der Waals surface area contributed by atoms with Gasteiger partial charge in [0.1, 0.15) is 0 Å². The molecule has 0 aliphatic heterocycles. The molecule has 1 unspecified atom stereocenters. The van der Waals surface area contributed by atoms with Crippen LogP contribution < -0.4 is 5.32 Å². The number of nitrogens with zero attached hydrogens (tertiary/aromatic N) is 1. The van der Waals surface area contributed by atoms with Crippen LogP contribution in [0.2, 0.25) is 0 Å². The molecule has 0 radical (unpaired) electrons. The van der Waals surface area contributed by atoms with E-state index >= 15 is 0 Å². The molecule has 0 rings (SSSR count). The Morgan fingerprint density at radius 1 is 1.27 bits per heavy atom. The Bertz CT molecular complexity index is 149. The molecule has 0 saturated carbocycles. The van der Waals surface area contributed by atoms with E-state index in [0.717, 1.165) is 6.54 Å². The van der Waals surface area contributed by atoms with Crippen molar-refractivity contribution in [2.45, 2.75) is 65.5 Å². The van der Waals surface area contributed by atoms with Crippen LogP contribution in [0.5, 0.6) is 0 Å². The molecular formula is C13H30N2. The molecule has 0 spiro atoms. The second kappa shape index (κ2) is 7.24. The highest BCUT2D eigenvalue weighted by molar-refractivity contribution is 4.72. The molecular weight excluding hydrogens is 184 g/mol. The van der Waals surface area contributed by atoms with Gasteiger partial charge in [-0.3, -0.25) is 0 Å². The van der Waals surface area contributed by atoms with Crippen LogP contribution in [0.3, 0.4) is 0 Å². The Labute approximate surface area is 96.4 Å². The van der Waals surface area contributed by atoms with E-state index in [1.807, 2.05) is 0 Å². The van der Waals surface area contributed by atoms with Crippen molar-refractivity contribution in [1.82, 2.24) is 10.2 Å². The SMILES string of the molecule is CCCCN(C)C(C)CCNC(C)(C)C. The van der Waals surface area contributed by atoms with Crippen LogP contribution in [0.15, 0.2) is 0 Å². The van der Waals surface area contributed by atoms with E-state index in [1.54, 1.807) is 0 Å². The predicted octanol–water partition coefficient (Wildman–Crippen LogP) is 2.89. The van der Waals surface area contributed by atoms with Crippen LogP contribution in [0, 0.1) is 0 Å². The van der Waals surface area contributed by atoms with E-state index in [1.165, 1.54) is 25.8 Å². The van der Waals surface area contributed by atoms with Gasteiger partial charge in [-0.15, -0.1) is 0 Å². The lowest BCUT2D eigenvalue weighted by Crippen LogP contribution is -2.39. The fourth-order valence-corrected chi connectivity index (χ4v) is 1.50. The number of nitrogens with one attached hydrogen (secondary N) is 1. The van der Waals surface area contributed by atoms with Gasteiger partial charge in [0.25, 0.3) is 0 Å². The predicted molar refractivity (Wildman–Crippen MR) is 69.4 cm³/mol. The molecule has 0 aromatic heterocycles. The minimum Gasteiger partial charge on any atom is -0.312 e. The summed E-state index contributed by atoms with van der Waals surface area (Å²) in [6.07, 6.45) is 3.84. The number of rotatable bonds is 7. The molecule has 15 heavy (non-hydrogen) atoms. The van der Waals surface area contributed by atoms with Gasteiger partial charge in [0, 0.05) is 11.6 Å². The second-order valence-electron chi connectivity index (χ2n) is 5.65. The summed E-state index contributed by atoms with van der Waals surface area (Å²) in [5.41, 5.74) is 0.252. The maximum atomic E-state index is 3.54. The summed E-state index contributed by atoms with van der Waals surface area (Å²) in [6, 6.07) is 0.686. The molecule has 0 saturated heterocycles. The zero-order chi connectivity index (χ0) is 11.9. The first-order valence-electron chi connectivity index (χ1n) is 6.32. The molecule has 0 bridgehead atoms. The highest BCUT2D eigenvalue weighted by atomic mass is 15.1. The van der Waals surface area contributed by atoms with Gasteiger partial charge in [0.2, 0.25) is 0 Å². The fraction of sp³-hybridized carbons (Fsp3) is 1.00. The molecule has 0 aliphatic carbocycles. The molecule has 0 amide bonds. The number of hydrogen-bond donors (Lipinski definition) is 1. The van der Waals surface area contributed by atoms with Crippen molar-refractivity contribution in [1.29, 1.82) is 0 Å². The number of unbranched alkanes of at least 4 members (excludes halogenated alkanes) is 1. The zero-order valence-corrected chi connectivity index (χ0v) is 11.6. The van der Waals surface area contributed by atoms with Gasteiger partial charge in [-0.25, -0.2) is 0 Å². The Morgan fingerprint density at radius 3 is 2.33 bits per heavy atom. The molecule has 1 atom stereocenters. The summed E-state index contributed by atoms with van der Waals surface area (Å²) in [6.45, 7) is 13.6. The second-order valence-corrected chi connectivity index (χ2v) is 5.65. The van der Waals surface area contributed by atoms with Gasteiger partial charge in [-0.1, -0.05) is 13.3 Å².